The topological polar surface area (TPSA) is 23.6 Å². The van der Waals surface area contributed by atoms with E-state index in [2.05, 4.69) is 6.92 Å². The smallest absolute Gasteiger partial charge is 0.255 e. The molecule has 1 aromatic carbocycles. The van der Waals surface area contributed by atoms with Gasteiger partial charge in [0.1, 0.15) is 0 Å². The molecular formula is C14H16Cl2N2O. The lowest BCUT2D eigenvalue weighted by Gasteiger charge is -2.37. The second kappa shape index (κ2) is 4.65. The summed E-state index contributed by atoms with van der Waals surface area (Å²) in [6, 6.07) is 4.02. The largest absolute Gasteiger partial charge is 0.337 e. The lowest BCUT2D eigenvalue weighted by molar-refractivity contribution is 0.0703. The van der Waals surface area contributed by atoms with Gasteiger partial charge in [0.05, 0.1) is 16.6 Å². The Bertz CT molecular complexity index is 546. The van der Waals surface area contributed by atoms with Crippen molar-refractivity contribution in [1.29, 1.82) is 0 Å². The molecule has 5 heteroatoms. The Kier molecular flexibility index (Phi) is 3.24. The second-order valence-corrected chi connectivity index (χ2v) is 6.15. The maximum absolute atomic E-state index is 12.5. The zero-order chi connectivity index (χ0) is 13.7. The predicted molar refractivity (Wildman–Crippen MR) is 76.9 cm³/mol. The quantitative estimate of drug-likeness (QED) is 0.744. The van der Waals surface area contributed by atoms with Gasteiger partial charge in [0.15, 0.2) is 0 Å². The second-order valence-electron chi connectivity index (χ2n) is 5.27. The molecule has 0 bridgehead atoms. The number of halogens is 2. The molecule has 2 aliphatic heterocycles. The van der Waals surface area contributed by atoms with Crippen LogP contribution < -0.4 is 0 Å². The van der Waals surface area contributed by atoms with Crippen LogP contribution in [0, 0.1) is 0 Å². The molecule has 0 aliphatic carbocycles. The first-order valence-electron chi connectivity index (χ1n) is 6.53. The van der Waals surface area contributed by atoms with Crippen molar-refractivity contribution < 1.29 is 4.79 Å². The molecule has 0 radical (unpaired) electrons. The first-order chi connectivity index (χ1) is 9.04. The fourth-order valence-corrected chi connectivity index (χ4v) is 3.86. The molecular weight excluding hydrogens is 283 g/mol. The average Bonchev–Trinajstić information content (AvgIpc) is 2.77. The summed E-state index contributed by atoms with van der Waals surface area (Å²) in [5.74, 6) is 0.285. The first kappa shape index (κ1) is 13.2. The van der Waals surface area contributed by atoms with Gasteiger partial charge in [-0.15, -0.1) is 0 Å². The molecule has 0 unspecified atom stereocenters. The highest BCUT2D eigenvalue weighted by atomic mass is 35.5. The fraction of sp³-hybridized carbons (Fsp3) is 0.500. The minimum Gasteiger partial charge on any atom is -0.337 e. The van der Waals surface area contributed by atoms with Gasteiger partial charge in [0, 0.05) is 26.1 Å². The van der Waals surface area contributed by atoms with E-state index in [1.807, 2.05) is 19.2 Å². The van der Waals surface area contributed by atoms with Gasteiger partial charge in [-0.25, -0.2) is 4.42 Å². The number of amides is 1. The van der Waals surface area contributed by atoms with Crippen LogP contribution in [0.15, 0.2) is 12.1 Å². The van der Waals surface area contributed by atoms with E-state index < -0.39 is 0 Å². The number of carbonyl (C=O) groups excluding carboxylic acids is 1. The summed E-state index contributed by atoms with van der Waals surface area (Å²) in [7, 11) is 1.84. The summed E-state index contributed by atoms with van der Waals surface area (Å²) in [6.07, 6.45) is 0.905. The number of carbonyl (C=O) groups is 1. The predicted octanol–water partition coefficient (Wildman–Crippen LogP) is 2.91. The molecule has 1 saturated heterocycles. The van der Waals surface area contributed by atoms with Crippen LogP contribution in [-0.2, 0) is 6.42 Å². The van der Waals surface area contributed by atoms with Crippen LogP contribution in [0.4, 0.5) is 0 Å². The molecule has 2 atom stereocenters. The summed E-state index contributed by atoms with van der Waals surface area (Å²) in [5, 5.41) is 0.551. The zero-order valence-electron chi connectivity index (χ0n) is 11.0. The molecule has 1 amide bonds. The normalized spacial score (nSPS) is 26.5. The Hall–Kier alpha value is -0.770. The molecule has 2 heterocycles. The number of rotatable bonds is 1. The summed E-state index contributed by atoms with van der Waals surface area (Å²) in [4.78, 5) is 14.3. The van der Waals surface area contributed by atoms with Crippen molar-refractivity contribution in [2.45, 2.75) is 25.3 Å². The Morgan fingerprint density at radius 3 is 2.79 bits per heavy atom. The van der Waals surface area contributed by atoms with Gasteiger partial charge in [-0.1, -0.05) is 24.6 Å². The molecule has 3 nitrogen and oxygen atoms in total. The minimum atomic E-state index is 0.0171. The Morgan fingerprint density at radius 2 is 2.11 bits per heavy atom. The van der Waals surface area contributed by atoms with Crippen molar-refractivity contribution in [2.75, 3.05) is 20.1 Å². The lowest BCUT2D eigenvalue weighted by Crippen LogP contribution is -2.46. The van der Waals surface area contributed by atoms with Crippen molar-refractivity contribution in [2.24, 2.45) is 0 Å². The van der Waals surface area contributed by atoms with Crippen molar-refractivity contribution in [3.05, 3.63) is 33.8 Å². The lowest BCUT2D eigenvalue weighted by atomic mass is 9.81. The Balaban J connectivity index is 2.23. The van der Waals surface area contributed by atoms with E-state index in [1.54, 1.807) is 9.32 Å². The van der Waals surface area contributed by atoms with Crippen LogP contribution in [0.2, 0.25) is 5.02 Å². The SMILES string of the molecule is CCc1ccc(Cl)c2c1[C@H]1CN(Cl)C[C@@H]1N(C)C2=O. The highest BCUT2D eigenvalue weighted by Gasteiger charge is 2.45. The van der Waals surface area contributed by atoms with Gasteiger partial charge in [-0.3, -0.25) is 4.79 Å². The van der Waals surface area contributed by atoms with Crippen LogP contribution in [0.5, 0.6) is 0 Å². The molecule has 0 spiro atoms. The van der Waals surface area contributed by atoms with E-state index in [-0.39, 0.29) is 17.9 Å². The van der Waals surface area contributed by atoms with Gasteiger partial charge in [-0.2, -0.15) is 0 Å². The minimum absolute atomic E-state index is 0.0171. The molecule has 0 N–H and O–H groups in total. The number of benzene rings is 1. The maximum atomic E-state index is 12.5. The average molecular weight is 299 g/mol. The van der Waals surface area contributed by atoms with Crippen LogP contribution in [-0.4, -0.2) is 41.4 Å². The number of hydrogen-bond donors (Lipinski definition) is 0. The van der Waals surface area contributed by atoms with E-state index in [9.17, 15) is 4.79 Å². The molecule has 0 saturated carbocycles. The van der Waals surface area contributed by atoms with Gasteiger partial charge >= 0.3 is 0 Å². The van der Waals surface area contributed by atoms with Crippen LogP contribution in [0.3, 0.4) is 0 Å². The van der Waals surface area contributed by atoms with E-state index in [0.717, 1.165) is 18.5 Å². The number of likely N-dealkylation sites (N-methyl/N-ethyl adjacent to an activating group) is 1. The van der Waals surface area contributed by atoms with Crippen LogP contribution in [0.1, 0.15) is 34.3 Å². The van der Waals surface area contributed by atoms with Crippen LogP contribution in [0.25, 0.3) is 0 Å². The third-order valence-electron chi connectivity index (χ3n) is 4.31. The summed E-state index contributed by atoms with van der Waals surface area (Å²) in [6.45, 7) is 3.59. The van der Waals surface area contributed by atoms with Crippen molar-refractivity contribution in [3.8, 4) is 0 Å². The monoisotopic (exact) mass is 298 g/mol. The highest BCUT2D eigenvalue weighted by molar-refractivity contribution is 6.34. The molecule has 0 aromatic heterocycles. The Labute approximate surface area is 123 Å². The van der Waals surface area contributed by atoms with E-state index in [4.69, 9.17) is 23.4 Å². The third kappa shape index (κ3) is 1.87. The summed E-state index contributed by atoms with van der Waals surface area (Å²) >= 11 is 12.4. The molecule has 2 aliphatic rings. The molecule has 19 heavy (non-hydrogen) atoms. The van der Waals surface area contributed by atoms with Crippen molar-refractivity contribution in [3.63, 3.8) is 0 Å². The Morgan fingerprint density at radius 1 is 1.37 bits per heavy atom. The summed E-state index contributed by atoms with van der Waals surface area (Å²) < 4.78 is 1.77. The number of nitrogens with zero attached hydrogens (tertiary/aromatic N) is 2. The van der Waals surface area contributed by atoms with Crippen LogP contribution >= 0.6 is 23.4 Å². The molecule has 1 aromatic rings. The highest BCUT2D eigenvalue weighted by Crippen LogP contribution is 2.42. The standard InChI is InChI=1S/C14H16Cl2N2O/c1-3-8-4-5-10(15)13-12(8)9-6-18(16)7-11(9)17(2)14(13)19/h4-5,9,11H,3,6-7H2,1-2H3/t9-,11-/m0/s1. The van der Waals surface area contributed by atoms with Gasteiger partial charge < -0.3 is 4.90 Å². The van der Waals surface area contributed by atoms with Crippen molar-refractivity contribution >= 4 is 29.3 Å². The molecule has 3 rings (SSSR count). The number of aryl methyl sites for hydroxylation is 1. The number of fused-ring (bicyclic) bond motifs is 3. The summed E-state index contributed by atoms with van der Waals surface area (Å²) in [5.41, 5.74) is 3.01. The molecule has 1 fully saturated rings. The third-order valence-corrected chi connectivity index (χ3v) is 4.90. The van der Waals surface area contributed by atoms with Gasteiger partial charge in [-0.05, 0) is 35.4 Å². The zero-order valence-corrected chi connectivity index (χ0v) is 12.5. The van der Waals surface area contributed by atoms with E-state index >= 15 is 0 Å². The number of hydrogen-bond acceptors (Lipinski definition) is 2. The fourth-order valence-electron chi connectivity index (χ4n) is 3.33. The van der Waals surface area contributed by atoms with Crippen molar-refractivity contribution in [1.82, 2.24) is 9.32 Å². The van der Waals surface area contributed by atoms with Gasteiger partial charge in [0.25, 0.3) is 5.91 Å². The van der Waals surface area contributed by atoms with E-state index in [0.29, 0.717) is 17.1 Å². The maximum Gasteiger partial charge on any atom is 0.255 e. The first-order valence-corrected chi connectivity index (χ1v) is 7.25. The van der Waals surface area contributed by atoms with E-state index in [1.165, 1.54) is 5.56 Å². The molecule has 102 valence electrons. The van der Waals surface area contributed by atoms with Gasteiger partial charge in [0.2, 0.25) is 0 Å².